The summed E-state index contributed by atoms with van der Waals surface area (Å²) in [4.78, 5) is 18.2. The third kappa shape index (κ3) is 2.12. The molecular formula is C16H15N3O. The summed E-state index contributed by atoms with van der Waals surface area (Å²) in [5.41, 5.74) is 2.27. The summed E-state index contributed by atoms with van der Waals surface area (Å²) in [5.74, 6) is 0.628. The number of aromatic nitrogens is 1. The van der Waals surface area contributed by atoms with Gasteiger partial charge in [0, 0.05) is 30.2 Å². The Balaban J connectivity index is 2.13. The van der Waals surface area contributed by atoms with E-state index in [0.29, 0.717) is 30.0 Å². The number of hydrogen-bond donors (Lipinski definition) is 0. The van der Waals surface area contributed by atoms with Gasteiger partial charge in [0.1, 0.15) is 6.07 Å². The zero-order valence-electron chi connectivity index (χ0n) is 11.3. The van der Waals surface area contributed by atoms with Gasteiger partial charge < -0.3 is 4.90 Å². The maximum atomic E-state index is 11.8. The molecule has 2 aromatic rings. The first kappa shape index (κ1) is 12.6. The Kier molecular flexibility index (Phi) is 3.11. The van der Waals surface area contributed by atoms with Crippen LogP contribution in [-0.2, 0) is 4.79 Å². The smallest absolute Gasteiger partial charge is 0.152 e. The van der Waals surface area contributed by atoms with Crippen LogP contribution in [0.2, 0.25) is 0 Å². The molecule has 0 spiro atoms. The summed E-state index contributed by atoms with van der Waals surface area (Å²) < 4.78 is 0. The lowest BCUT2D eigenvalue weighted by Crippen LogP contribution is -2.40. The minimum Gasteiger partial charge on any atom is -0.363 e. The third-order valence-electron chi connectivity index (χ3n) is 3.68. The molecule has 0 unspecified atom stereocenters. The summed E-state index contributed by atoms with van der Waals surface area (Å²) in [6.45, 7) is 3.40. The number of benzene rings is 1. The minimum absolute atomic E-state index is 0.269. The van der Waals surface area contributed by atoms with Crippen LogP contribution in [0.5, 0.6) is 0 Å². The predicted molar refractivity (Wildman–Crippen MR) is 77.5 cm³/mol. The van der Waals surface area contributed by atoms with E-state index in [-0.39, 0.29) is 5.78 Å². The van der Waals surface area contributed by atoms with Gasteiger partial charge in [0.05, 0.1) is 17.6 Å². The lowest BCUT2D eigenvalue weighted by atomic mass is 9.97. The first-order chi connectivity index (χ1) is 9.69. The van der Waals surface area contributed by atoms with E-state index in [4.69, 9.17) is 5.26 Å². The molecule has 20 heavy (non-hydrogen) atoms. The molecule has 1 aliphatic rings. The molecule has 1 atom stereocenters. The Morgan fingerprint density at radius 2 is 2.25 bits per heavy atom. The summed E-state index contributed by atoms with van der Waals surface area (Å²) >= 11 is 0. The lowest BCUT2D eigenvalue weighted by Gasteiger charge is -2.32. The number of hydrogen-bond acceptors (Lipinski definition) is 4. The first-order valence-electron chi connectivity index (χ1n) is 6.73. The molecule has 0 aliphatic carbocycles. The molecule has 2 heterocycles. The van der Waals surface area contributed by atoms with E-state index >= 15 is 0 Å². The van der Waals surface area contributed by atoms with E-state index in [2.05, 4.69) is 22.9 Å². The van der Waals surface area contributed by atoms with Crippen LogP contribution in [0, 0.1) is 17.2 Å². The lowest BCUT2D eigenvalue weighted by molar-refractivity contribution is -0.119. The number of Topliss-reactive ketones (excluding diaryl/α,β-unsaturated/α-hetero) is 1. The number of rotatable bonds is 1. The van der Waals surface area contributed by atoms with Gasteiger partial charge in [-0.2, -0.15) is 5.26 Å². The second-order valence-corrected chi connectivity index (χ2v) is 5.37. The fraction of sp³-hybridized carbons (Fsp3) is 0.312. The fourth-order valence-electron chi connectivity index (χ4n) is 2.88. The van der Waals surface area contributed by atoms with E-state index in [9.17, 15) is 4.79 Å². The highest BCUT2D eigenvalue weighted by molar-refractivity contribution is 5.97. The Morgan fingerprint density at radius 1 is 1.40 bits per heavy atom. The largest absolute Gasteiger partial charge is 0.363 e. The van der Waals surface area contributed by atoms with Crippen LogP contribution in [0.4, 0.5) is 5.69 Å². The Bertz CT molecular complexity index is 717. The number of piperidine rings is 1. The minimum atomic E-state index is 0.269. The number of nitrogens with zero attached hydrogens (tertiary/aromatic N) is 3. The van der Waals surface area contributed by atoms with Crippen LogP contribution >= 0.6 is 0 Å². The van der Waals surface area contributed by atoms with Crippen molar-refractivity contribution in [2.45, 2.75) is 13.3 Å². The zero-order valence-corrected chi connectivity index (χ0v) is 11.3. The maximum Gasteiger partial charge on any atom is 0.152 e. The van der Waals surface area contributed by atoms with Crippen molar-refractivity contribution in [3.63, 3.8) is 0 Å². The molecule has 1 aliphatic heterocycles. The van der Waals surface area contributed by atoms with E-state index in [1.807, 2.05) is 18.2 Å². The number of anilines is 1. The molecule has 1 saturated heterocycles. The van der Waals surface area contributed by atoms with Crippen molar-refractivity contribution < 1.29 is 4.79 Å². The number of carbonyl (C=O) groups is 1. The number of pyridine rings is 1. The Labute approximate surface area is 117 Å². The molecular weight excluding hydrogens is 250 g/mol. The van der Waals surface area contributed by atoms with Crippen LogP contribution in [-0.4, -0.2) is 23.9 Å². The number of fused-ring (bicyclic) bond motifs is 1. The summed E-state index contributed by atoms with van der Waals surface area (Å²) in [5, 5.41) is 10.1. The SMILES string of the molecule is C[C@H]1CC(=O)CN(c2ccc(C#N)c3ncccc23)C1. The fourth-order valence-corrected chi connectivity index (χ4v) is 2.88. The van der Waals surface area contributed by atoms with Crippen molar-refractivity contribution in [3.8, 4) is 6.07 Å². The molecule has 1 aromatic heterocycles. The van der Waals surface area contributed by atoms with E-state index in [1.54, 1.807) is 12.3 Å². The molecule has 1 aromatic carbocycles. The monoisotopic (exact) mass is 265 g/mol. The molecule has 1 fully saturated rings. The molecule has 0 amide bonds. The van der Waals surface area contributed by atoms with Gasteiger partial charge in [0.25, 0.3) is 0 Å². The third-order valence-corrected chi connectivity index (χ3v) is 3.68. The van der Waals surface area contributed by atoms with Gasteiger partial charge in [0.15, 0.2) is 5.78 Å². The number of carbonyl (C=O) groups excluding carboxylic acids is 1. The van der Waals surface area contributed by atoms with Crippen molar-refractivity contribution in [1.29, 1.82) is 5.26 Å². The van der Waals surface area contributed by atoms with Gasteiger partial charge in [-0.3, -0.25) is 9.78 Å². The molecule has 0 saturated carbocycles. The van der Waals surface area contributed by atoms with Gasteiger partial charge >= 0.3 is 0 Å². The summed E-state index contributed by atoms with van der Waals surface area (Å²) in [6.07, 6.45) is 2.35. The summed E-state index contributed by atoms with van der Waals surface area (Å²) in [6, 6.07) is 9.70. The van der Waals surface area contributed by atoms with Gasteiger partial charge in [0.2, 0.25) is 0 Å². The van der Waals surface area contributed by atoms with Crippen LogP contribution in [0.1, 0.15) is 18.9 Å². The molecule has 0 radical (unpaired) electrons. The maximum absolute atomic E-state index is 11.8. The van der Waals surface area contributed by atoms with Gasteiger partial charge in [-0.25, -0.2) is 0 Å². The Hall–Kier alpha value is -2.41. The van der Waals surface area contributed by atoms with Crippen molar-refractivity contribution in [1.82, 2.24) is 4.98 Å². The number of nitriles is 1. The molecule has 4 nitrogen and oxygen atoms in total. The molecule has 100 valence electrons. The van der Waals surface area contributed by atoms with Crippen LogP contribution in [0.15, 0.2) is 30.5 Å². The van der Waals surface area contributed by atoms with Crippen molar-refractivity contribution in [2.75, 3.05) is 18.0 Å². The van der Waals surface area contributed by atoms with Gasteiger partial charge in [-0.1, -0.05) is 6.92 Å². The predicted octanol–water partition coefficient (Wildman–Crippen LogP) is 2.52. The molecule has 0 N–H and O–H groups in total. The normalized spacial score (nSPS) is 19.1. The average molecular weight is 265 g/mol. The van der Waals surface area contributed by atoms with Crippen LogP contribution in [0.3, 0.4) is 0 Å². The van der Waals surface area contributed by atoms with Crippen LogP contribution in [0.25, 0.3) is 10.9 Å². The van der Waals surface area contributed by atoms with Crippen molar-refractivity contribution >= 4 is 22.4 Å². The standard InChI is InChI=1S/C16H15N3O/c1-11-7-13(20)10-19(9-11)15-5-4-12(8-17)16-14(15)3-2-6-18-16/h2-6,11H,7,9-10H2,1H3/t11-/m0/s1. The second-order valence-electron chi connectivity index (χ2n) is 5.37. The topological polar surface area (TPSA) is 57.0 Å². The van der Waals surface area contributed by atoms with Crippen LogP contribution < -0.4 is 4.90 Å². The van der Waals surface area contributed by atoms with E-state index in [1.165, 1.54) is 0 Å². The van der Waals surface area contributed by atoms with Gasteiger partial charge in [-0.15, -0.1) is 0 Å². The van der Waals surface area contributed by atoms with Crippen molar-refractivity contribution in [3.05, 3.63) is 36.0 Å². The highest BCUT2D eigenvalue weighted by Crippen LogP contribution is 2.30. The quantitative estimate of drug-likeness (QED) is 0.795. The highest BCUT2D eigenvalue weighted by atomic mass is 16.1. The highest BCUT2D eigenvalue weighted by Gasteiger charge is 2.24. The van der Waals surface area contributed by atoms with E-state index < -0.39 is 0 Å². The first-order valence-corrected chi connectivity index (χ1v) is 6.73. The molecule has 0 bridgehead atoms. The average Bonchev–Trinajstić information content (AvgIpc) is 2.45. The molecule has 3 rings (SSSR count). The zero-order chi connectivity index (χ0) is 14.1. The molecule has 4 heteroatoms. The summed E-state index contributed by atoms with van der Waals surface area (Å²) in [7, 11) is 0. The van der Waals surface area contributed by atoms with E-state index in [0.717, 1.165) is 17.6 Å². The Morgan fingerprint density at radius 3 is 3.00 bits per heavy atom. The number of ketones is 1. The second kappa shape index (κ2) is 4.93. The van der Waals surface area contributed by atoms with Crippen molar-refractivity contribution in [2.24, 2.45) is 5.92 Å². The van der Waals surface area contributed by atoms with Gasteiger partial charge in [-0.05, 0) is 30.2 Å².